The number of aliphatic hydroxyl groups is 1. The zero-order valence-electron chi connectivity index (χ0n) is 15.2. The van der Waals surface area contributed by atoms with E-state index in [9.17, 15) is 27.9 Å². The summed E-state index contributed by atoms with van der Waals surface area (Å²) in [4.78, 5) is 27.0. The molecule has 0 aliphatic carbocycles. The van der Waals surface area contributed by atoms with Crippen molar-refractivity contribution < 1.29 is 27.9 Å². The lowest BCUT2D eigenvalue weighted by atomic mass is 9.76. The molecule has 0 unspecified atom stereocenters. The molecule has 0 radical (unpaired) electrons. The molecule has 1 aliphatic rings. The number of hydrogen-bond acceptors (Lipinski definition) is 3. The second-order valence-corrected chi connectivity index (χ2v) is 6.74. The highest BCUT2D eigenvalue weighted by Gasteiger charge is 2.70. The van der Waals surface area contributed by atoms with Crippen molar-refractivity contribution in [1.29, 1.82) is 0 Å². The summed E-state index contributed by atoms with van der Waals surface area (Å²) in [6.07, 6.45) is -5.25. The quantitative estimate of drug-likeness (QED) is 0.814. The fourth-order valence-electron chi connectivity index (χ4n) is 3.69. The molecule has 8 heteroatoms. The van der Waals surface area contributed by atoms with E-state index in [1.165, 1.54) is 43.4 Å². The molecule has 1 heterocycles. The highest BCUT2D eigenvalue weighted by Crippen LogP contribution is 2.50. The van der Waals surface area contributed by atoms with Crippen LogP contribution in [0.3, 0.4) is 0 Å². The molecule has 0 saturated carbocycles. The third-order valence-corrected chi connectivity index (χ3v) is 5.17. The summed E-state index contributed by atoms with van der Waals surface area (Å²) in [7, 11) is 2.16. The summed E-state index contributed by atoms with van der Waals surface area (Å²) >= 11 is 0. The second-order valence-electron chi connectivity index (χ2n) is 6.74. The Morgan fingerprint density at radius 2 is 1.50 bits per heavy atom. The maximum Gasteiger partial charge on any atom is 0.437 e. The molecular weight excluding hydrogens is 373 g/mol. The molecule has 2 amide bonds. The Bertz CT molecular complexity index is 873. The summed E-state index contributed by atoms with van der Waals surface area (Å²) in [6.45, 7) is 0. The number of ketones is 1. The molecule has 2 aromatic carbocycles. The van der Waals surface area contributed by atoms with Gasteiger partial charge in [0.05, 0.1) is 6.04 Å². The fourth-order valence-corrected chi connectivity index (χ4v) is 3.69. The first-order valence-electron chi connectivity index (χ1n) is 8.54. The average molecular weight is 392 g/mol. The van der Waals surface area contributed by atoms with Crippen LogP contribution in [0.5, 0.6) is 0 Å². The van der Waals surface area contributed by atoms with Gasteiger partial charge < -0.3 is 10.0 Å². The van der Waals surface area contributed by atoms with Crippen LogP contribution in [0.15, 0.2) is 60.7 Å². The molecule has 0 bridgehead atoms. The summed E-state index contributed by atoms with van der Waals surface area (Å²) in [5, 5.41) is 10.8. The Morgan fingerprint density at radius 1 is 1.00 bits per heavy atom. The van der Waals surface area contributed by atoms with Crippen LogP contribution in [0.25, 0.3) is 0 Å². The zero-order chi connectivity index (χ0) is 20.7. The van der Waals surface area contributed by atoms with Crippen molar-refractivity contribution in [1.82, 2.24) is 9.80 Å². The predicted molar refractivity (Wildman–Crippen MR) is 95.4 cm³/mol. The standard InChI is InChI=1S/C20H19F3N2O3/c1-24-16(13-9-5-3-6-10-13)15(17(26)14-11-7-4-8-12-14)19(28,20(21,22)23)25(2)18(24)27/h3-12,15-16,28H,1-2H3/t15-,16+,19+/m0/s1. The molecule has 1 N–H and O–H groups in total. The van der Waals surface area contributed by atoms with Crippen LogP contribution < -0.4 is 0 Å². The smallest absolute Gasteiger partial charge is 0.363 e. The minimum absolute atomic E-state index is 0.0206. The Hall–Kier alpha value is -2.87. The zero-order valence-corrected chi connectivity index (χ0v) is 15.2. The third-order valence-electron chi connectivity index (χ3n) is 5.17. The van der Waals surface area contributed by atoms with E-state index in [2.05, 4.69) is 0 Å². The van der Waals surface area contributed by atoms with Crippen LogP contribution in [-0.2, 0) is 0 Å². The SMILES string of the molecule is CN1C(=O)N(C)[C@](O)(C(F)(F)F)[C@H](C(=O)c2ccccc2)[C@H]1c1ccccc1. The van der Waals surface area contributed by atoms with Crippen LogP contribution in [0, 0.1) is 5.92 Å². The first kappa shape index (κ1) is 19.9. The van der Waals surface area contributed by atoms with Gasteiger partial charge in [0.15, 0.2) is 5.78 Å². The molecule has 3 atom stereocenters. The van der Waals surface area contributed by atoms with Gasteiger partial charge in [-0.3, -0.25) is 9.69 Å². The molecule has 0 aromatic heterocycles. The van der Waals surface area contributed by atoms with E-state index in [0.29, 0.717) is 5.56 Å². The monoisotopic (exact) mass is 392 g/mol. The van der Waals surface area contributed by atoms with Gasteiger partial charge in [0.25, 0.3) is 5.72 Å². The van der Waals surface area contributed by atoms with Gasteiger partial charge in [0.2, 0.25) is 0 Å². The average Bonchev–Trinajstić information content (AvgIpc) is 2.69. The topological polar surface area (TPSA) is 60.9 Å². The third kappa shape index (κ3) is 2.93. The normalized spacial score (nSPS) is 25.7. The first-order valence-corrected chi connectivity index (χ1v) is 8.54. The lowest BCUT2D eigenvalue weighted by Crippen LogP contribution is -2.73. The minimum atomic E-state index is -5.25. The number of Topliss-reactive ketones (excluding diaryl/α,β-unsaturated/α-hetero) is 1. The van der Waals surface area contributed by atoms with Crippen LogP contribution in [0.1, 0.15) is 22.0 Å². The number of halogens is 3. The summed E-state index contributed by atoms with van der Waals surface area (Å²) < 4.78 is 42.2. The Balaban J connectivity index is 2.26. The van der Waals surface area contributed by atoms with Crippen molar-refractivity contribution in [2.75, 3.05) is 14.1 Å². The maximum atomic E-state index is 14.1. The minimum Gasteiger partial charge on any atom is -0.363 e. The van der Waals surface area contributed by atoms with Gasteiger partial charge in [-0.25, -0.2) is 4.79 Å². The van der Waals surface area contributed by atoms with Crippen LogP contribution in [-0.4, -0.2) is 52.7 Å². The molecule has 148 valence electrons. The van der Waals surface area contributed by atoms with Crippen molar-refractivity contribution in [3.05, 3.63) is 71.8 Å². The number of rotatable bonds is 3. The van der Waals surface area contributed by atoms with E-state index in [1.54, 1.807) is 24.3 Å². The van der Waals surface area contributed by atoms with Gasteiger partial charge in [0.1, 0.15) is 5.92 Å². The van der Waals surface area contributed by atoms with Crippen LogP contribution in [0.2, 0.25) is 0 Å². The van der Waals surface area contributed by atoms with Gasteiger partial charge in [0, 0.05) is 19.7 Å². The number of nitrogens with zero attached hydrogens (tertiary/aromatic N) is 2. The highest BCUT2D eigenvalue weighted by atomic mass is 19.4. The predicted octanol–water partition coefficient (Wildman–Crippen LogP) is 3.47. The van der Waals surface area contributed by atoms with Crippen molar-refractivity contribution in [2.45, 2.75) is 17.9 Å². The Kier molecular flexibility index (Phi) is 4.93. The number of hydrogen-bond donors (Lipinski definition) is 1. The number of carbonyl (C=O) groups excluding carboxylic acids is 2. The molecule has 3 rings (SSSR count). The summed E-state index contributed by atoms with van der Waals surface area (Å²) in [5.74, 6) is -2.88. The Labute approximate surface area is 160 Å². The van der Waals surface area contributed by atoms with E-state index in [0.717, 1.165) is 11.9 Å². The van der Waals surface area contributed by atoms with Gasteiger partial charge in [-0.2, -0.15) is 13.2 Å². The number of urea groups is 1. The molecular formula is C20H19F3N2O3. The van der Waals surface area contributed by atoms with Crippen molar-refractivity contribution in [2.24, 2.45) is 5.92 Å². The maximum absolute atomic E-state index is 14.1. The van der Waals surface area contributed by atoms with Crippen molar-refractivity contribution >= 4 is 11.8 Å². The molecule has 1 aliphatic heterocycles. The van der Waals surface area contributed by atoms with Gasteiger partial charge >= 0.3 is 12.2 Å². The van der Waals surface area contributed by atoms with Gasteiger partial charge in [-0.1, -0.05) is 60.7 Å². The van der Waals surface area contributed by atoms with E-state index in [-0.39, 0.29) is 10.5 Å². The van der Waals surface area contributed by atoms with E-state index >= 15 is 0 Å². The van der Waals surface area contributed by atoms with Crippen LogP contribution in [0.4, 0.5) is 18.0 Å². The van der Waals surface area contributed by atoms with Gasteiger partial charge in [-0.05, 0) is 5.56 Å². The van der Waals surface area contributed by atoms with E-state index in [4.69, 9.17) is 0 Å². The number of amides is 2. The number of carbonyl (C=O) groups is 2. The summed E-state index contributed by atoms with van der Waals surface area (Å²) in [5.41, 5.74) is -3.32. The Morgan fingerprint density at radius 3 is 2.00 bits per heavy atom. The molecule has 1 fully saturated rings. The number of alkyl halides is 3. The second kappa shape index (κ2) is 6.94. The van der Waals surface area contributed by atoms with Crippen molar-refractivity contribution in [3.8, 4) is 0 Å². The van der Waals surface area contributed by atoms with Crippen LogP contribution >= 0.6 is 0 Å². The number of benzene rings is 2. The highest BCUT2D eigenvalue weighted by molar-refractivity contribution is 6.00. The van der Waals surface area contributed by atoms with E-state index in [1.807, 2.05) is 0 Å². The molecule has 5 nitrogen and oxygen atoms in total. The lowest BCUT2D eigenvalue weighted by molar-refractivity contribution is -0.328. The van der Waals surface area contributed by atoms with Crippen molar-refractivity contribution in [3.63, 3.8) is 0 Å². The van der Waals surface area contributed by atoms with Gasteiger partial charge in [-0.15, -0.1) is 0 Å². The molecule has 0 spiro atoms. The molecule has 1 saturated heterocycles. The largest absolute Gasteiger partial charge is 0.437 e. The summed E-state index contributed by atoms with van der Waals surface area (Å²) in [6, 6.07) is 13.0. The first-order chi connectivity index (χ1) is 13.1. The lowest BCUT2D eigenvalue weighted by Gasteiger charge is -2.53. The molecule has 2 aromatic rings. The van der Waals surface area contributed by atoms with E-state index < -0.39 is 35.7 Å². The molecule has 28 heavy (non-hydrogen) atoms. The fraction of sp³-hybridized carbons (Fsp3) is 0.300.